The van der Waals surface area contributed by atoms with Gasteiger partial charge < -0.3 is 9.84 Å². The average molecular weight is 229 g/mol. The molecule has 1 aliphatic rings. The number of ketones is 1. The van der Waals surface area contributed by atoms with Crippen molar-refractivity contribution >= 4 is 17.5 Å². The number of hydrogen-bond donors (Lipinski definition) is 1. The molecule has 17 heavy (non-hydrogen) atoms. The van der Waals surface area contributed by atoms with Crippen molar-refractivity contribution in [1.29, 1.82) is 5.26 Å². The zero-order valence-corrected chi connectivity index (χ0v) is 8.64. The Morgan fingerprint density at radius 3 is 2.76 bits per heavy atom. The first kappa shape index (κ1) is 10.9. The molecular formula is C12H7NO4. The quantitative estimate of drug-likeness (QED) is 0.335. The smallest absolute Gasteiger partial charge is 0.379 e. The Hall–Kier alpha value is -2.61. The summed E-state index contributed by atoms with van der Waals surface area (Å²) in [6.07, 6.45) is 0. The second-order valence-corrected chi connectivity index (χ2v) is 3.43. The van der Waals surface area contributed by atoms with Gasteiger partial charge >= 0.3 is 5.97 Å². The summed E-state index contributed by atoms with van der Waals surface area (Å²) in [4.78, 5) is 22.2. The number of esters is 1. The Morgan fingerprint density at radius 2 is 2.18 bits per heavy atom. The molecule has 0 radical (unpaired) electrons. The van der Waals surface area contributed by atoms with Crippen LogP contribution in [0.2, 0.25) is 0 Å². The van der Waals surface area contributed by atoms with Gasteiger partial charge in [-0.2, -0.15) is 5.26 Å². The van der Waals surface area contributed by atoms with Crippen molar-refractivity contribution in [2.75, 3.05) is 6.61 Å². The highest BCUT2D eigenvalue weighted by Gasteiger charge is 2.32. The first-order valence-corrected chi connectivity index (χ1v) is 4.77. The Kier molecular flexibility index (Phi) is 2.63. The maximum Gasteiger partial charge on any atom is 0.379 e. The normalized spacial score (nSPS) is 17.6. The first-order valence-electron chi connectivity index (χ1n) is 4.77. The Balaban J connectivity index is 2.47. The fourth-order valence-electron chi connectivity index (χ4n) is 1.48. The van der Waals surface area contributed by atoms with E-state index in [0.717, 1.165) is 0 Å². The number of carbonyl (C=O) groups is 2. The highest BCUT2D eigenvalue weighted by molar-refractivity contribution is 6.43. The molecule has 0 aliphatic carbocycles. The van der Waals surface area contributed by atoms with E-state index in [0.29, 0.717) is 11.1 Å². The molecule has 0 unspecified atom stereocenters. The molecule has 84 valence electrons. The van der Waals surface area contributed by atoms with E-state index in [-0.39, 0.29) is 17.9 Å². The second kappa shape index (κ2) is 4.10. The van der Waals surface area contributed by atoms with Gasteiger partial charge in [-0.3, -0.25) is 4.79 Å². The molecule has 1 N–H and O–H groups in total. The standard InChI is InChI=1S/C12H7NO4/c13-5-7-2-1-3-8(4-7)10(14)9-6-17-12(16)11(9)15/h1-4,14H,6H2/b10-9-. The minimum atomic E-state index is -0.969. The van der Waals surface area contributed by atoms with Gasteiger partial charge in [0.2, 0.25) is 0 Å². The van der Waals surface area contributed by atoms with E-state index in [9.17, 15) is 14.7 Å². The summed E-state index contributed by atoms with van der Waals surface area (Å²) >= 11 is 0. The molecule has 2 rings (SSSR count). The summed E-state index contributed by atoms with van der Waals surface area (Å²) in [5.74, 6) is -2.13. The number of nitrogens with zero attached hydrogens (tertiary/aromatic N) is 1. The zero-order valence-electron chi connectivity index (χ0n) is 8.64. The zero-order chi connectivity index (χ0) is 12.4. The van der Waals surface area contributed by atoms with E-state index in [1.165, 1.54) is 6.07 Å². The van der Waals surface area contributed by atoms with Gasteiger partial charge in [-0.25, -0.2) is 4.79 Å². The van der Waals surface area contributed by atoms with Crippen molar-refractivity contribution in [3.63, 3.8) is 0 Å². The number of hydrogen-bond acceptors (Lipinski definition) is 5. The number of ether oxygens (including phenoxy) is 1. The van der Waals surface area contributed by atoms with Crippen molar-refractivity contribution in [2.24, 2.45) is 0 Å². The average Bonchev–Trinajstić information content (AvgIpc) is 2.69. The van der Waals surface area contributed by atoms with Crippen LogP contribution in [0, 0.1) is 11.3 Å². The van der Waals surface area contributed by atoms with Crippen LogP contribution in [-0.2, 0) is 14.3 Å². The predicted octanol–water partition coefficient (Wildman–Crippen LogP) is 0.953. The molecule has 1 aromatic rings. The van der Waals surface area contributed by atoms with Crippen molar-refractivity contribution in [3.05, 3.63) is 41.0 Å². The van der Waals surface area contributed by atoms with Gasteiger partial charge in [0, 0.05) is 5.56 Å². The van der Waals surface area contributed by atoms with Crippen LogP contribution in [0.15, 0.2) is 29.8 Å². The fraction of sp³-hybridized carbons (Fsp3) is 0.0833. The maximum atomic E-state index is 11.3. The number of aliphatic hydroxyl groups excluding tert-OH is 1. The predicted molar refractivity (Wildman–Crippen MR) is 56.7 cm³/mol. The lowest BCUT2D eigenvalue weighted by Crippen LogP contribution is -2.08. The van der Waals surface area contributed by atoms with Gasteiger partial charge in [-0.1, -0.05) is 12.1 Å². The molecule has 1 aromatic carbocycles. The van der Waals surface area contributed by atoms with E-state index >= 15 is 0 Å². The van der Waals surface area contributed by atoms with E-state index in [1.807, 2.05) is 6.07 Å². The van der Waals surface area contributed by atoms with Crippen LogP contribution in [0.5, 0.6) is 0 Å². The highest BCUT2D eigenvalue weighted by Crippen LogP contribution is 2.21. The third-order valence-corrected chi connectivity index (χ3v) is 2.36. The van der Waals surface area contributed by atoms with Crippen LogP contribution >= 0.6 is 0 Å². The number of aliphatic hydroxyl groups is 1. The van der Waals surface area contributed by atoms with Crippen molar-refractivity contribution in [2.45, 2.75) is 0 Å². The topological polar surface area (TPSA) is 87.4 Å². The van der Waals surface area contributed by atoms with Gasteiger partial charge in [0.1, 0.15) is 12.4 Å². The summed E-state index contributed by atoms with van der Waals surface area (Å²) < 4.78 is 4.51. The summed E-state index contributed by atoms with van der Waals surface area (Å²) in [6.45, 7) is -0.236. The molecule has 0 bridgehead atoms. The molecule has 1 heterocycles. The molecule has 5 nitrogen and oxygen atoms in total. The van der Waals surface area contributed by atoms with Crippen LogP contribution < -0.4 is 0 Å². The fourth-order valence-corrected chi connectivity index (χ4v) is 1.48. The third-order valence-electron chi connectivity index (χ3n) is 2.36. The number of rotatable bonds is 1. The number of Topliss-reactive ketones (excluding diaryl/α,β-unsaturated/α-hetero) is 1. The second-order valence-electron chi connectivity index (χ2n) is 3.43. The van der Waals surface area contributed by atoms with E-state index in [1.54, 1.807) is 18.2 Å². The molecule has 0 atom stereocenters. The Labute approximate surface area is 96.5 Å². The van der Waals surface area contributed by atoms with E-state index in [4.69, 9.17) is 5.26 Å². The molecular weight excluding hydrogens is 222 g/mol. The minimum Gasteiger partial charge on any atom is -0.507 e. The maximum absolute atomic E-state index is 11.3. The van der Waals surface area contributed by atoms with Crippen LogP contribution in [0.1, 0.15) is 11.1 Å². The molecule has 0 aromatic heterocycles. The van der Waals surface area contributed by atoms with Crippen LogP contribution in [0.25, 0.3) is 5.76 Å². The number of carbonyl (C=O) groups excluding carboxylic acids is 2. The van der Waals surface area contributed by atoms with Gasteiger partial charge in [0.15, 0.2) is 0 Å². The van der Waals surface area contributed by atoms with E-state index in [2.05, 4.69) is 4.74 Å². The molecule has 5 heteroatoms. The van der Waals surface area contributed by atoms with Gasteiger partial charge in [0.05, 0.1) is 17.2 Å². The lowest BCUT2D eigenvalue weighted by molar-refractivity contribution is -0.146. The Morgan fingerprint density at radius 1 is 1.41 bits per heavy atom. The van der Waals surface area contributed by atoms with Crippen LogP contribution in [0.3, 0.4) is 0 Å². The molecule has 0 spiro atoms. The summed E-state index contributed by atoms with van der Waals surface area (Å²) in [6, 6.07) is 8.03. The molecule has 1 aliphatic heterocycles. The van der Waals surface area contributed by atoms with E-state index < -0.39 is 11.8 Å². The first-order chi connectivity index (χ1) is 8.13. The van der Waals surface area contributed by atoms with Crippen molar-refractivity contribution in [3.8, 4) is 6.07 Å². The number of cyclic esters (lactones) is 1. The largest absolute Gasteiger partial charge is 0.507 e. The van der Waals surface area contributed by atoms with Crippen LogP contribution in [-0.4, -0.2) is 23.5 Å². The highest BCUT2D eigenvalue weighted by atomic mass is 16.5. The molecule has 1 saturated heterocycles. The minimum absolute atomic E-state index is 0.0786. The van der Waals surface area contributed by atoms with Crippen LogP contribution in [0.4, 0.5) is 0 Å². The number of benzene rings is 1. The van der Waals surface area contributed by atoms with Crippen molar-refractivity contribution in [1.82, 2.24) is 0 Å². The molecule has 0 amide bonds. The lowest BCUT2D eigenvalue weighted by atomic mass is 10.0. The molecule has 0 saturated carbocycles. The molecule has 1 fully saturated rings. The summed E-state index contributed by atoms with van der Waals surface area (Å²) in [7, 11) is 0. The lowest BCUT2D eigenvalue weighted by Gasteiger charge is -2.02. The van der Waals surface area contributed by atoms with Gasteiger partial charge in [-0.15, -0.1) is 0 Å². The summed E-state index contributed by atoms with van der Waals surface area (Å²) in [5, 5.41) is 18.6. The van der Waals surface area contributed by atoms with Gasteiger partial charge in [-0.05, 0) is 12.1 Å². The number of nitriles is 1. The SMILES string of the molecule is N#Cc1cccc(/C(O)=C2\COC(=O)C2=O)c1. The Bertz CT molecular complexity index is 580. The summed E-state index contributed by atoms with van der Waals surface area (Å²) in [5.41, 5.74) is 0.586. The monoisotopic (exact) mass is 229 g/mol. The third kappa shape index (κ3) is 1.88. The van der Waals surface area contributed by atoms with Crippen molar-refractivity contribution < 1.29 is 19.4 Å². The van der Waals surface area contributed by atoms with Gasteiger partial charge in [0.25, 0.3) is 5.78 Å².